The maximum absolute atomic E-state index is 11.7. The lowest BCUT2D eigenvalue weighted by Crippen LogP contribution is -2.19. The van der Waals surface area contributed by atoms with Gasteiger partial charge in [-0.05, 0) is 31.0 Å². The Morgan fingerprint density at radius 3 is 2.74 bits per heavy atom. The van der Waals surface area contributed by atoms with E-state index in [9.17, 15) is 15.0 Å². The molecule has 5 nitrogen and oxygen atoms in total. The molecule has 2 atom stereocenters. The Bertz CT molecular complexity index is 439. The highest BCUT2D eigenvalue weighted by atomic mass is 79.9. The average molecular weight is 332 g/mol. The molecular weight excluding hydrogens is 314 g/mol. The molecule has 0 aliphatic rings. The zero-order valence-corrected chi connectivity index (χ0v) is 12.3. The molecule has 0 aliphatic carbocycles. The van der Waals surface area contributed by atoms with Gasteiger partial charge in [0.15, 0.2) is 0 Å². The zero-order valence-electron chi connectivity index (χ0n) is 10.7. The number of benzene rings is 1. The minimum atomic E-state index is -1.06. The Balaban J connectivity index is 2.98. The molecule has 0 amide bonds. The van der Waals surface area contributed by atoms with Crippen LogP contribution in [0.25, 0.3) is 0 Å². The Morgan fingerprint density at radius 1 is 1.47 bits per heavy atom. The SMILES string of the molecule is CCOC(=O)c1cc(C(O)C(O)CCBr)ccc1N. The molecule has 0 radical (unpaired) electrons. The van der Waals surface area contributed by atoms with E-state index in [1.807, 2.05) is 0 Å². The van der Waals surface area contributed by atoms with E-state index in [2.05, 4.69) is 15.9 Å². The van der Waals surface area contributed by atoms with Crippen LogP contribution in [0.4, 0.5) is 5.69 Å². The maximum atomic E-state index is 11.7. The first kappa shape index (κ1) is 15.9. The fraction of sp³-hybridized carbons (Fsp3) is 0.462. The van der Waals surface area contributed by atoms with E-state index >= 15 is 0 Å². The van der Waals surface area contributed by atoms with E-state index in [1.165, 1.54) is 12.1 Å². The van der Waals surface area contributed by atoms with Gasteiger partial charge in [-0.3, -0.25) is 0 Å². The predicted molar refractivity (Wildman–Crippen MR) is 76.2 cm³/mol. The number of hydrogen-bond donors (Lipinski definition) is 3. The van der Waals surface area contributed by atoms with Crippen molar-refractivity contribution in [1.29, 1.82) is 0 Å². The van der Waals surface area contributed by atoms with Crippen molar-refractivity contribution < 1.29 is 19.7 Å². The highest BCUT2D eigenvalue weighted by Crippen LogP contribution is 2.24. The van der Waals surface area contributed by atoms with Crippen LogP contribution in [0.5, 0.6) is 0 Å². The van der Waals surface area contributed by atoms with Crippen LogP contribution in [0.1, 0.15) is 35.4 Å². The van der Waals surface area contributed by atoms with Crippen LogP contribution in [-0.2, 0) is 4.74 Å². The van der Waals surface area contributed by atoms with Crippen LogP contribution in [0.15, 0.2) is 18.2 Å². The number of halogens is 1. The zero-order chi connectivity index (χ0) is 14.4. The van der Waals surface area contributed by atoms with Gasteiger partial charge in [-0.1, -0.05) is 22.0 Å². The standard InChI is InChI=1S/C13H18BrNO4/c1-2-19-13(18)9-7-8(3-4-10(9)15)12(17)11(16)5-6-14/h3-4,7,11-12,16-17H,2,5-6,15H2,1H3. The molecule has 1 aromatic carbocycles. The fourth-order valence-corrected chi connectivity index (χ4v) is 2.10. The van der Waals surface area contributed by atoms with Gasteiger partial charge in [0.25, 0.3) is 0 Å². The molecule has 0 saturated carbocycles. The minimum Gasteiger partial charge on any atom is -0.462 e. The number of carbonyl (C=O) groups excluding carboxylic acids is 1. The molecule has 1 rings (SSSR count). The molecule has 0 heterocycles. The van der Waals surface area contributed by atoms with Gasteiger partial charge in [0, 0.05) is 11.0 Å². The number of aliphatic hydroxyl groups is 2. The summed E-state index contributed by atoms with van der Waals surface area (Å²) in [5.41, 5.74) is 6.62. The molecule has 6 heteroatoms. The molecule has 0 fully saturated rings. The number of carbonyl (C=O) groups is 1. The Labute approximate surface area is 120 Å². The van der Waals surface area contributed by atoms with Crippen molar-refractivity contribution in [2.45, 2.75) is 25.6 Å². The Kier molecular flexibility index (Phi) is 6.27. The summed E-state index contributed by atoms with van der Waals surface area (Å²) in [4.78, 5) is 11.7. The van der Waals surface area contributed by atoms with E-state index in [0.717, 1.165) is 0 Å². The molecule has 0 bridgehead atoms. The van der Waals surface area contributed by atoms with Gasteiger partial charge >= 0.3 is 5.97 Å². The van der Waals surface area contributed by atoms with Crippen LogP contribution in [-0.4, -0.2) is 34.2 Å². The topological polar surface area (TPSA) is 92.8 Å². The van der Waals surface area contributed by atoms with Crippen LogP contribution >= 0.6 is 15.9 Å². The molecule has 1 aromatic rings. The summed E-state index contributed by atoms with van der Waals surface area (Å²) in [5.74, 6) is -0.538. The second-order valence-corrected chi connectivity index (χ2v) is 4.85. The number of rotatable bonds is 6. The summed E-state index contributed by atoms with van der Waals surface area (Å²) in [6, 6.07) is 4.56. The number of nitrogens with two attached hydrogens (primary N) is 1. The molecule has 2 unspecified atom stereocenters. The van der Waals surface area contributed by atoms with Crippen molar-refractivity contribution in [2.75, 3.05) is 17.7 Å². The van der Waals surface area contributed by atoms with Gasteiger partial charge < -0.3 is 20.7 Å². The molecule has 0 aromatic heterocycles. The van der Waals surface area contributed by atoms with Crippen molar-refractivity contribution in [1.82, 2.24) is 0 Å². The van der Waals surface area contributed by atoms with Crippen LogP contribution < -0.4 is 5.73 Å². The molecule has 19 heavy (non-hydrogen) atoms. The van der Waals surface area contributed by atoms with Crippen molar-refractivity contribution in [3.63, 3.8) is 0 Å². The second kappa shape index (κ2) is 7.47. The van der Waals surface area contributed by atoms with Crippen LogP contribution in [0, 0.1) is 0 Å². The normalized spacial score (nSPS) is 13.9. The van der Waals surface area contributed by atoms with E-state index in [-0.39, 0.29) is 17.9 Å². The number of esters is 1. The summed E-state index contributed by atoms with van der Waals surface area (Å²) in [7, 11) is 0. The Hall–Kier alpha value is -1.11. The highest BCUT2D eigenvalue weighted by Gasteiger charge is 2.20. The first-order valence-electron chi connectivity index (χ1n) is 5.99. The number of hydrogen-bond acceptors (Lipinski definition) is 5. The summed E-state index contributed by atoms with van der Waals surface area (Å²) in [6.45, 7) is 1.95. The van der Waals surface area contributed by atoms with Crippen molar-refractivity contribution in [2.24, 2.45) is 0 Å². The van der Waals surface area contributed by atoms with Gasteiger partial charge in [-0.2, -0.15) is 0 Å². The second-order valence-electron chi connectivity index (χ2n) is 4.06. The van der Waals surface area contributed by atoms with Crippen molar-refractivity contribution in [3.05, 3.63) is 29.3 Å². The highest BCUT2D eigenvalue weighted by molar-refractivity contribution is 9.09. The van der Waals surface area contributed by atoms with Gasteiger partial charge in [-0.25, -0.2) is 4.79 Å². The van der Waals surface area contributed by atoms with Crippen LogP contribution in [0.2, 0.25) is 0 Å². The monoisotopic (exact) mass is 331 g/mol. The average Bonchev–Trinajstić information content (AvgIpc) is 2.39. The number of aliphatic hydroxyl groups excluding tert-OH is 2. The molecule has 0 saturated heterocycles. The third-order valence-electron chi connectivity index (χ3n) is 2.68. The van der Waals surface area contributed by atoms with Crippen LogP contribution in [0.3, 0.4) is 0 Å². The third kappa shape index (κ3) is 4.19. The van der Waals surface area contributed by atoms with E-state index in [1.54, 1.807) is 13.0 Å². The fourth-order valence-electron chi connectivity index (χ4n) is 1.64. The molecular formula is C13H18BrNO4. The van der Waals surface area contributed by atoms with Crippen molar-refractivity contribution in [3.8, 4) is 0 Å². The summed E-state index contributed by atoms with van der Waals surface area (Å²) < 4.78 is 4.88. The van der Waals surface area contributed by atoms with Gasteiger partial charge in [0.2, 0.25) is 0 Å². The first-order chi connectivity index (χ1) is 9.01. The third-order valence-corrected chi connectivity index (χ3v) is 3.14. The molecule has 0 spiro atoms. The lowest BCUT2D eigenvalue weighted by atomic mass is 9.99. The Morgan fingerprint density at radius 2 is 2.16 bits per heavy atom. The molecule has 0 aliphatic heterocycles. The summed E-state index contributed by atoms with van der Waals surface area (Å²) in [5, 5.41) is 20.3. The number of nitrogen functional groups attached to an aromatic ring is 1. The minimum absolute atomic E-state index is 0.199. The lowest BCUT2D eigenvalue weighted by molar-refractivity contribution is 0.0172. The summed E-state index contributed by atoms with van der Waals surface area (Å²) in [6.07, 6.45) is -1.57. The summed E-state index contributed by atoms with van der Waals surface area (Å²) >= 11 is 3.20. The van der Waals surface area contributed by atoms with Crippen molar-refractivity contribution >= 4 is 27.6 Å². The first-order valence-corrected chi connectivity index (χ1v) is 7.12. The van der Waals surface area contributed by atoms with Gasteiger partial charge in [0.05, 0.1) is 18.3 Å². The smallest absolute Gasteiger partial charge is 0.340 e. The van der Waals surface area contributed by atoms with E-state index in [4.69, 9.17) is 10.5 Å². The quantitative estimate of drug-likeness (QED) is 0.418. The number of ether oxygens (including phenoxy) is 1. The van der Waals surface area contributed by atoms with E-state index in [0.29, 0.717) is 17.3 Å². The van der Waals surface area contributed by atoms with Gasteiger partial charge in [-0.15, -0.1) is 0 Å². The lowest BCUT2D eigenvalue weighted by Gasteiger charge is -2.18. The predicted octanol–water partition coefficient (Wildman–Crippen LogP) is 1.62. The maximum Gasteiger partial charge on any atom is 0.340 e. The van der Waals surface area contributed by atoms with Gasteiger partial charge in [0.1, 0.15) is 6.10 Å². The molecule has 106 valence electrons. The largest absolute Gasteiger partial charge is 0.462 e. The molecule has 4 N–H and O–H groups in total. The van der Waals surface area contributed by atoms with E-state index < -0.39 is 18.2 Å². The number of alkyl halides is 1. The number of anilines is 1.